The predicted octanol–water partition coefficient (Wildman–Crippen LogP) is 14.6. The van der Waals surface area contributed by atoms with Crippen LogP contribution in [-0.2, 0) is 20.9 Å². The number of hydrogen-bond acceptors (Lipinski definition) is 5. The molecule has 0 spiro atoms. The van der Waals surface area contributed by atoms with Gasteiger partial charge in [0, 0.05) is 0 Å². The van der Waals surface area contributed by atoms with Crippen LogP contribution in [0.15, 0.2) is 0 Å². The molecule has 1 saturated carbocycles. The Kier molecular flexibility index (Phi) is 27.5. The van der Waals surface area contributed by atoms with Gasteiger partial charge in [0.1, 0.15) is 0 Å². The van der Waals surface area contributed by atoms with Crippen LogP contribution in [0.4, 0.5) is 0 Å². The van der Waals surface area contributed by atoms with Crippen LogP contribution >= 0.6 is 0 Å². The molecule has 314 valence electrons. The third kappa shape index (κ3) is 22.1. The second-order valence-corrected chi connectivity index (χ2v) is 40.7. The lowest BCUT2D eigenvalue weighted by Gasteiger charge is -2.46. The number of hydrogen-bond donors (Lipinski definition) is 0. The Morgan fingerprint density at radius 3 is 1.44 bits per heavy atom. The number of unbranched alkanes of at least 4 members (excludes halogenated alkanes) is 3. The average molecular weight is 838 g/mol. The van der Waals surface area contributed by atoms with Crippen molar-refractivity contribution in [2.45, 2.75) is 253 Å². The monoisotopic (exact) mass is 837 g/mol. The second-order valence-electron chi connectivity index (χ2n) is 18.8. The molecule has 0 aromatic carbocycles. The summed E-state index contributed by atoms with van der Waals surface area (Å²) in [6, 6.07) is 7.19. The maximum Gasteiger partial charge on any atom is 0.636 e. The van der Waals surface area contributed by atoms with E-state index in [1.165, 1.54) is 114 Å². The molecular formula is C41H96O5Si6. The minimum absolute atomic E-state index is 0.0540. The first-order valence-electron chi connectivity index (χ1n) is 22.7. The average Bonchev–Trinajstić information content (AvgIpc) is 3.03. The summed E-state index contributed by atoms with van der Waals surface area (Å²) in [6.45, 7) is 39.7. The highest BCUT2D eigenvalue weighted by atomic mass is 28.5. The third-order valence-corrected chi connectivity index (χ3v) is 33.7. The van der Waals surface area contributed by atoms with Crippen LogP contribution in [0.5, 0.6) is 0 Å². The first-order valence-corrected chi connectivity index (χ1v) is 37.8. The van der Waals surface area contributed by atoms with E-state index in [4.69, 9.17) is 20.9 Å². The first-order chi connectivity index (χ1) is 24.3. The minimum atomic E-state index is -3.18. The second kappa shape index (κ2) is 26.9. The van der Waals surface area contributed by atoms with E-state index < -0.39 is 52.1 Å². The van der Waals surface area contributed by atoms with Crippen LogP contribution in [0.2, 0.25) is 81.1 Å². The molecule has 1 aliphatic rings. The van der Waals surface area contributed by atoms with Crippen molar-refractivity contribution in [3.05, 3.63) is 0 Å². The Balaban J connectivity index is 0.00000116. The maximum absolute atomic E-state index is 7.29. The molecule has 0 N–H and O–H groups in total. The lowest BCUT2D eigenvalue weighted by atomic mass is 9.90. The summed E-state index contributed by atoms with van der Waals surface area (Å²) in [5.41, 5.74) is 0.786. The molecule has 1 aliphatic carbocycles. The summed E-state index contributed by atoms with van der Waals surface area (Å²) >= 11 is 0. The lowest BCUT2D eigenvalue weighted by Crippen LogP contribution is -2.64. The van der Waals surface area contributed by atoms with Gasteiger partial charge in [0.15, 0.2) is 43.0 Å². The highest BCUT2D eigenvalue weighted by Gasteiger charge is 2.56. The van der Waals surface area contributed by atoms with Crippen molar-refractivity contribution in [2.75, 3.05) is 0 Å². The van der Waals surface area contributed by atoms with Crippen LogP contribution in [-0.4, -0.2) is 57.7 Å². The highest BCUT2D eigenvalue weighted by Crippen LogP contribution is 2.44. The summed E-state index contributed by atoms with van der Waals surface area (Å²) in [5, 5.41) is 0. The van der Waals surface area contributed by atoms with E-state index in [0.717, 1.165) is 29.5 Å². The fraction of sp³-hybridized carbons (Fsp3) is 1.00. The molecule has 1 fully saturated rings. The topological polar surface area (TPSA) is 46.2 Å². The van der Waals surface area contributed by atoms with Crippen LogP contribution < -0.4 is 0 Å². The smallest absolute Gasteiger partial charge is 0.412 e. The zero-order chi connectivity index (χ0) is 40.1. The molecule has 0 bridgehead atoms. The minimum Gasteiger partial charge on any atom is -0.412 e. The quantitative estimate of drug-likeness (QED) is 0.0675. The SMILES string of the molecule is CCC(CC)CC(C)(C)O[Si](C)(C)CC(CC)CC.CCCC[SiH](CC)O[Si](O[SiH](CC)CCCC)(O[Si](C)(C)CCCC)O[Si](C)(C)C1CCC1. The van der Waals surface area contributed by atoms with Gasteiger partial charge in [-0.3, -0.25) is 0 Å². The van der Waals surface area contributed by atoms with Gasteiger partial charge in [0.2, 0.25) is 0 Å². The van der Waals surface area contributed by atoms with Crippen molar-refractivity contribution in [3.63, 3.8) is 0 Å². The molecule has 0 aromatic rings. The highest BCUT2D eigenvalue weighted by molar-refractivity contribution is 6.88. The van der Waals surface area contributed by atoms with Gasteiger partial charge < -0.3 is 20.9 Å². The molecule has 0 aromatic heterocycles. The molecule has 0 heterocycles. The van der Waals surface area contributed by atoms with E-state index in [0.29, 0.717) is 0 Å². The first kappa shape index (κ1) is 53.1. The van der Waals surface area contributed by atoms with E-state index in [9.17, 15) is 0 Å². The summed E-state index contributed by atoms with van der Waals surface area (Å²) in [7, 11) is -11.5. The van der Waals surface area contributed by atoms with Gasteiger partial charge in [0.25, 0.3) is 0 Å². The summed E-state index contributed by atoms with van der Waals surface area (Å²) in [4.78, 5) is 0. The maximum atomic E-state index is 7.29. The Morgan fingerprint density at radius 1 is 0.615 bits per heavy atom. The fourth-order valence-electron chi connectivity index (χ4n) is 7.99. The van der Waals surface area contributed by atoms with Crippen LogP contribution in [0.25, 0.3) is 0 Å². The molecule has 52 heavy (non-hydrogen) atoms. The Morgan fingerprint density at radius 2 is 1.08 bits per heavy atom. The van der Waals surface area contributed by atoms with Gasteiger partial charge in [-0.1, -0.05) is 146 Å². The largest absolute Gasteiger partial charge is 0.636 e. The van der Waals surface area contributed by atoms with E-state index in [-0.39, 0.29) is 5.60 Å². The zero-order valence-corrected chi connectivity index (χ0v) is 44.9. The van der Waals surface area contributed by atoms with Crippen molar-refractivity contribution in [2.24, 2.45) is 11.8 Å². The summed E-state index contributed by atoms with van der Waals surface area (Å²) in [6.07, 6.45) is 17.7. The molecule has 0 amide bonds. The molecule has 5 nitrogen and oxygen atoms in total. The van der Waals surface area contributed by atoms with Gasteiger partial charge in [-0.05, 0) is 113 Å². The molecule has 0 saturated heterocycles. The van der Waals surface area contributed by atoms with Gasteiger partial charge in [-0.25, -0.2) is 0 Å². The third-order valence-electron chi connectivity index (χ3n) is 11.7. The number of rotatable bonds is 30. The molecule has 0 radical (unpaired) electrons. The van der Waals surface area contributed by atoms with Crippen molar-refractivity contribution in [1.82, 2.24) is 0 Å². The lowest BCUT2D eigenvalue weighted by molar-refractivity contribution is 0.0669. The van der Waals surface area contributed by atoms with Crippen molar-refractivity contribution >= 4 is 52.1 Å². The van der Waals surface area contributed by atoms with Crippen LogP contribution in [0.3, 0.4) is 0 Å². The molecule has 2 atom stereocenters. The van der Waals surface area contributed by atoms with Crippen LogP contribution in [0.1, 0.15) is 166 Å². The normalized spacial score (nSPS) is 17.1. The summed E-state index contributed by atoms with van der Waals surface area (Å²) < 4.78 is 35.5. The summed E-state index contributed by atoms with van der Waals surface area (Å²) in [5.74, 6) is 1.67. The zero-order valence-electron chi connectivity index (χ0n) is 38.6. The van der Waals surface area contributed by atoms with Gasteiger partial charge in [-0.2, -0.15) is 0 Å². The molecule has 0 aliphatic heterocycles. The Labute approximate surface area is 335 Å². The van der Waals surface area contributed by atoms with Crippen molar-refractivity contribution < 1.29 is 20.9 Å². The molecule has 11 heteroatoms. The van der Waals surface area contributed by atoms with E-state index in [1.807, 2.05) is 0 Å². The Bertz CT molecular complexity index is 836. The molecular weight excluding hydrogens is 741 g/mol. The van der Waals surface area contributed by atoms with E-state index in [2.05, 4.69) is 115 Å². The van der Waals surface area contributed by atoms with Crippen molar-refractivity contribution in [1.29, 1.82) is 0 Å². The van der Waals surface area contributed by atoms with Gasteiger partial charge >= 0.3 is 9.05 Å². The molecule has 1 rings (SSSR count). The standard InChI is InChI=1S/C24H58O4Si5.C17H38OSi/c1-10-15-21-29(13-4)25-33(26-30(14-5)22-16-11-2,27-31(6,7)23-17-12-3)28-32(8,9)24-19-18-20-24;1-9-15(10-2)13-17(5,6)18-19(7,8)14-16(11-3)12-4/h24,29-30H,10-23H2,1-9H3;15-16H,9-14H2,1-8H3. The van der Waals surface area contributed by atoms with Crippen LogP contribution in [0, 0.1) is 11.8 Å². The van der Waals surface area contributed by atoms with Gasteiger partial charge in [0.05, 0.1) is 5.60 Å². The predicted molar refractivity (Wildman–Crippen MR) is 247 cm³/mol. The fourth-order valence-corrected chi connectivity index (χ4v) is 32.8. The Hall–Kier alpha value is 1.10. The molecule has 2 unspecified atom stereocenters. The van der Waals surface area contributed by atoms with Crippen molar-refractivity contribution in [3.8, 4) is 0 Å². The van der Waals surface area contributed by atoms with E-state index in [1.54, 1.807) is 0 Å². The van der Waals surface area contributed by atoms with E-state index >= 15 is 0 Å². The van der Waals surface area contributed by atoms with Gasteiger partial charge in [-0.15, -0.1) is 0 Å².